The van der Waals surface area contributed by atoms with E-state index in [9.17, 15) is 0 Å². The summed E-state index contributed by atoms with van der Waals surface area (Å²) in [5.41, 5.74) is 9.38. The van der Waals surface area contributed by atoms with Crippen molar-refractivity contribution < 1.29 is 0 Å². The number of rotatable bonds is 2. The molecule has 0 fully saturated rings. The van der Waals surface area contributed by atoms with Crippen LogP contribution in [0.4, 0.5) is 5.69 Å². The molecule has 90 valence electrons. The van der Waals surface area contributed by atoms with Crippen LogP contribution in [0.15, 0.2) is 24.4 Å². The average molecular weight is 250 g/mol. The van der Waals surface area contributed by atoms with E-state index in [4.69, 9.17) is 17.3 Å². The number of halogens is 1. The molecule has 0 bridgehead atoms. The third-order valence-corrected chi connectivity index (χ3v) is 3.04. The third kappa shape index (κ3) is 2.29. The summed E-state index contributed by atoms with van der Waals surface area (Å²) in [6, 6.07) is 5.90. The Hall–Kier alpha value is -1.48. The van der Waals surface area contributed by atoms with E-state index in [0.717, 1.165) is 16.8 Å². The van der Waals surface area contributed by atoms with Crippen LogP contribution in [-0.2, 0) is 0 Å². The van der Waals surface area contributed by atoms with Crippen molar-refractivity contribution >= 4 is 17.3 Å². The maximum atomic E-state index is 6.21. The van der Waals surface area contributed by atoms with E-state index in [-0.39, 0.29) is 0 Å². The second-order valence-corrected chi connectivity index (χ2v) is 4.85. The molecule has 3 nitrogen and oxygen atoms in total. The summed E-state index contributed by atoms with van der Waals surface area (Å²) in [5, 5.41) is 5.14. The molecule has 1 aromatic carbocycles. The molecular formula is C13H16ClN3. The van der Waals surface area contributed by atoms with E-state index in [1.807, 2.05) is 29.9 Å². The Morgan fingerprint density at radius 2 is 2.00 bits per heavy atom. The molecule has 0 spiro atoms. The van der Waals surface area contributed by atoms with Crippen LogP contribution in [0.25, 0.3) is 11.1 Å². The molecule has 17 heavy (non-hydrogen) atoms. The molecule has 0 amide bonds. The van der Waals surface area contributed by atoms with Crippen molar-refractivity contribution in [2.24, 2.45) is 0 Å². The Morgan fingerprint density at radius 1 is 1.29 bits per heavy atom. The van der Waals surface area contributed by atoms with Crippen molar-refractivity contribution in [3.63, 3.8) is 0 Å². The second kappa shape index (κ2) is 4.41. The Bertz CT molecular complexity index is 544. The fourth-order valence-electron chi connectivity index (χ4n) is 1.76. The van der Waals surface area contributed by atoms with Gasteiger partial charge >= 0.3 is 0 Å². The number of aromatic nitrogens is 2. The highest BCUT2D eigenvalue weighted by Crippen LogP contribution is 2.31. The lowest BCUT2D eigenvalue weighted by molar-refractivity contribution is 0.529. The summed E-state index contributed by atoms with van der Waals surface area (Å²) < 4.78 is 1.94. The van der Waals surface area contributed by atoms with Gasteiger partial charge in [-0.1, -0.05) is 17.7 Å². The predicted molar refractivity (Wildman–Crippen MR) is 72.2 cm³/mol. The van der Waals surface area contributed by atoms with E-state index in [2.05, 4.69) is 18.9 Å². The van der Waals surface area contributed by atoms with E-state index in [1.165, 1.54) is 0 Å². The number of benzene rings is 1. The van der Waals surface area contributed by atoms with Gasteiger partial charge in [-0.2, -0.15) is 5.10 Å². The topological polar surface area (TPSA) is 43.8 Å². The fraction of sp³-hybridized carbons (Fsp3) is 0.308. The lowest BCUT2D eigenvalue weighted by atomic mass is 10.1. The van der Waals surface area contributed by atoms with E-state index >= 15 is 0 Å². The molecule has 0 atom stereocenters. The fourth-order valence-corrected chi connectivity index (χ4v) is 2.05. The zero-order valence-electron chi connectivity index (χ0n) is 10.2. The lowest BCUT2D eigenvalue weighted by Gasteiger charge is -2.04. The number of aryl methyl sites for hydroxylation is 1. The van der Waals surface area contributed by atoms with Crippen LogP contribution in [-0.4, -0.2) is 9.78 Å². The lowest BCUT2D eigenvalue weighted by Crippen LogP contribution is -2.00. The summed E-state index contributed by atoms with van der Waals surface area (Å²) in [5.74, 6) is 0. The predicted octanol–water partition coefficient (Wildman–Crippen LogP) is 3.68. The van der Waals surface area contributed by atoms with Gasteiger partial charge < -0.3 is 5.73 Å². The Kier molecular flexibility index (Phi) is 3.11. The van der Waals surface area contributed by atoms with Crippen molar-refractivity contribution in [1.82, 2.24) is 9.78 Å². The van der Waals surface area contributed by atoms with Gasteiger partial charge in [0.25, 0.3) is 0 Å². The molecule has 0 unspecified atom stereocenters. The first kappa shape index (κ1) is 12.0. The number of nitrogens with zero attached hydrogens (tertiary/aromatic N) is 2. The van der Waals surface area contributed by atoms with Gasteiger partial charge in [0.15, 0.2) is 0 Å². The summed E-state index contributed by atoms with van der Waals surface area (Å²) >= 11 is 6.21. The molecule has 0 radical (unpaired) electrons. The minimum absolute atomic E-state index is 0.343. The minimum atomic E-state index is 0.343. The molecule has 0 aliphatic rings. The maximum absolute atomic E-state index is 6.21. The first-order chi connectivity index (χ1) is 7.99. The number of hydrogen-bond acceptors (Lipinski definition) is 2. The molecule has 0 aliphatic heterocycles. The van der Waals surface area contributed by atoms with Crippen molar-refractivity contribution in [1.29, 1.82) is 0 Å². The minimum Gasteiger partial charge on any atom is -0.399 e. The Balaban J connectivity index is 2.52. The van der Waals surface area contributed by atoms with Crippen LogP contribution < -0.4 is 5.73 Å². The van der Waals surface area contributed by atoms with Crippen LogP contribution in [0.3, 0.4) is 0 Å². The third-order valence-electron chi connectivity index (χ3n) is 2.73. The highest BCUT2D eigenvalue weighted by Gasteiger charge is 2.11. The molecular weight excluding hydrogens is 234 g/mol. The average Bonchev–Trinajstić information content (AvgIpc) is 2.61. The number of nitrogen functional groups attached to an aromatic ring is 1. The van der Waals surface area contributed by atoms with Gasteiger partial charge in [0.1, 0.15) is 0 Å². The van der Waals surface area contributed by atoms with Gasteiger partial charge in [-0.3, -0.25) is 4.68 Å². The standard InChI is InChI=1S/C13H16ClN3/c1-8(2)17-7-12(9(3)16-17)11-5-4-10(15)6-13(11)14/h4-8H,15H2,1-3H3. The van der Waals surface area contributed by atoms with Gasteiger partial charge in [-0.15, -0.1) is 0 Å². The molecule has 2 N–H and O–H groups in total. The SMILES string of the molecule is Cc1nn(C(C)C)cc1-c1ccc(N)cc1Cl. The zero-order valence-corrected chi connectivity index (χ0v) is 11.0. The van der Waals surface area contributed by atoms with E-state index in [0.29, 0.717) is 16.8 Å². The van der Waals surface area contributed by atoms with Crippen LogP contribution in [0.1, 0.15) is 25.6 Å². The van der Waals surface area contributed by atoms with Crippen molar-refractivity contribution in [2.75, 3.05) is 5.73 Å². The smallest absolute Gasteiger partial charge is 0.0672 e. The summed E-state index contributed by atoms with van der Waals surface area (Å²) in [7, 11) is 0. The summed E-state index contributed by atoms with van der Waals surface area (Å²) in [6.45, 7) is 6.18. The van der Waals surface area contributed by atoms with Crippen molar-refractivity contribution in [2.45, 2.75) is 26.8 Å². The molecule has 0 saturated heterocycles. The molecule has 1 aromatic heterocycles. The quantitative estimate of drug-likeness (QED) is 0.826. The molecule has 4 heteroatoms. The van der Waals surface area contributed by atoms with Crippen LogP contribution in [0.2, 0.25) is 5.02 Å². The second-order valence-electron chi connectivity index (χ2n) is 4.44. The summed E-state index contributed by atoms with van der Waals surface area (Å²) in [6.07, 6.45) is 2.03. The van der Waals surface area contributed by atoms with E-state index < -0.39 is 0 Å². The Labute approximate surface area is 106 Å². The zero-order chi connectivity index (χ0) is 12.6. The monoisotopic (exact) mass is 249 g/mol. The highest BCUT2D eigenvalue weighted by atomic mass is 35.5. The Morgan fingerprint density at radius 3 is 2.53 bits per heavy atom. The largest absolute Gasteiger partial charge is 0.399 e. The molecule has 2 aromatic rings. The van der Waals surface area contributed by atoms with Crippen LogP contribution >= 0.6 is 11.6 Å². The van der Waals surface area contributed by atoms with Gasteiger partial charge in [0.05, 0.1) is 10.7 Å². The van der Waals surface area contributed by atoms with E-state index in [1.54, 1.807) is 6.07 Å². The number of anilines is 1. The van der Waals surface area contributed by atoms with Gasteiger partial charge in [-0.25, -0.2) is 0 Å². The number of hydrogen-bond donors (Lipinski definition) is 1. The van der Waals surface area contributed by atoms with Crippen LogP contribution in [0, 0.1) is 6.92 Å². The van der Waals surface area contributed by atoms with Gasteiger partial charge in [0.2, 0.25) is 0 Å². The number of nitrogens with two attached hydrogens (primary N) is 1. The van der Waals surface area contributed by atoms with Gasteiger partial charge in [-0.05, 0) is 32.9 Å². The van der Waals surface area contributed by atoms with Crippen LogP contribution in [0.5, 0.6) is 0 Å². The van der Waals surface area contributed by atoms with Gasteiger partial charge in [0, 0.05) is 29.1 Å². The first-order valence-corrected chi connectivity index (χ1v) is 5.98. The highest BCUT2D eigenvalue weighted by molar-refractivity contribution is 6.33. The maximum Gasteiger partial charge on any atom is 0.0672 e. The molecule has 0 aliphatic carbocycles. The van der Waals surface area contributed by atoms with Crippen molar-refractivity contribution in [3.8, 4) is 11.1 Å². The molecule has 2 rings (SSSR count). The normalized spacial score (nSPS) is 11.1. The molecule has 0 saturated carbocycles. The van der Waals surface area contributed by atoms with Crippen molar-refractivity contribution in [3.05, 3.63) is 35.1 Å². The summed E-state index contributed by atoms with van der Waals surface area (Å²) in [4.78, 5) is 0. The first-order valence-electron chi connectivity index (χ1n) is 5.60. The molecule has 1 heterocycles.